The molecule has 0 fully saturated rings. The van der Waals surface area contributed by atoms with E-state index in [0.29, 0.717) is 25.3 Å². The van der Waals surface area contributed by atoms with Crippen molar-refractivity contribution in [3.63, 3.8) is 0 Å². The summed E-state index contributed by atoms with van der Waals surface area (Å²) in [6.45, 7) is 1.60. The number of hydrogen-bond donors (Lipinski definition) is 0. The number of carbonyl (C=O) groups excluding carboxylic acids is 1. The van der Waals surface area contributed by atoms with Gasteiger partial charge in [-0.1, -0.05) is 15.9 Å². The van der Waals surface area contributed by atoms with Crippen LogP contribution in [0.15, 0.2) is 22.7 Å². The van der Waals surface area contributed by atoms with Crippen LogP contribution in [0.2, 0.25) is 0 Å². The van der Waals surface area contributed by atoms with E-state index in [4.69, 9.17) is 4.74 Å². The van der Waals surface area contributed by atoms with Gasteiger partial charge in [-0.05, 0) is 18.2 Å². The summed E-state index contributed by atoms with van der Waals surface area (Å²) < 4.78 is 10.6. The highest BCUT2D eigenvalue weighted by Crippen LogP contribution is 2.24. The number of halogens is 1. The lowest BCUT2D eigenvalue weighted by atomic mass is 10.1. The van der Waals surface area contributed by atoms with Gasteiger partial charge in [0.2, 0.25) is 0 Å². The molecular formula is C14H17BrN2O3. The standard InChI is InChI=1S/C14H17BrN2O3/c1-19-8-7-17(6-5-14(18)20-2)13-4-3-12(15)9-11(13)10-16/h3-4,9H,5-8H2,1-2H3. The Bertz CT molecular complexity index is 500. The Kier molecular flexibility index (Phi) is 7.05. The predicted molar refractivity (Wildman–Crippen MR) is 79.6 cm³/mol. The van der Waals surface area contributed by atoms with Gasteiger partial charge >= 0.3 is 5.97 Å². The summed E-state index contributed by atoms with van der Waals surface area (Å²) in [5.74, 6) is -0.275. The number of hydrogen-bond acceptors (Lipinski definition) is 5. The van der Waals surface area contributed by atoms with Crippen LogP contribution in [0.1, 0.15) is 12.0 Å². The Hall–Kier alpha value is -1.58. The first-order chi connectivity index (χ1) is 9.62. The largest absolute Gasteiger partial charge is 0.469 e. The molecule has 0 N–H and O–H groups in total. The number of ether oxygens (including phenoxy) is 2. The molecule has 0 atom stereocenters. The van der Waals surface area contributed by atoms with E-state index in [-0.39, 0.29) is 12.4 Å². The lowest BCUT2D eigenvalue weighted by Gasteiger charge is -2.25. The fraction of sp³-hybridized carbons (Fsp3) is 0.429. The van der Waals surface area contributed by atoms with E-state index in [1.807, 2.05) is 17.0 Å². The summed E-state index contributed by atoms with van der Waals surface area (Å²) in [6.07, 6.45) is 0.265. The van der Waals surface area contributed by atoms with E-state index in [1.54, 1.807) is 13.2 Å². The van der Waals surface area contributed by atoms with Crippen LogP contribution < -0.4 is 4.90 Å². The van der Waals surface area contributed by atoms with Crippen LogP contribution in [-0.2, 0) is 14.3 Å². The minimum absolute atomic E-state index is 0.265. The average Bonchev–Trinajstić information content (AvgIpc) is 2.47. The van der Waals surface area contributed by atoms with Crippen molar-refractivity contribution >= 4 is 27.6 Å². The summed E-state index contributed by atoms with van der Waals surface area (Å²) in [7, 11) is 2.98. The fourth-order valence-corrected chi connectivity index (χ4v) is 2.12. The van der Waals surface area contributed by atoms with Crippen molar-refractivity contribution in [2.75, 3.05) is 38.8 Å². The maximum Gasteiger partial charge on any atom is 0.307 e. The number of nitrogens with zero attached hydrogens (tertiary/aromatic N) is 2. The van der Waals surface area contributed by atoms with Crippen LogP contribution in [-0.4, -0.2) is 39.9 Å². The number of nitriles is 1. The molecule has 108 valence electrons. The molecule has 0 unspecified atom stereocenters. The Morgan fingerprint density at radius 1 is 1.40 bits per heavy atom. The van der Waals surface area contributed by atoms with E-state index < -0.39 is 0 Å². The maximum absolute atomic E-state index is 11.3. The molecule has 0 saturated heterocycles. The van der Waals surface area contributed by atoms with Gasteiger partial charge in [-0.3, -0.25) is 4.79 Å². The Labute approximate surface area is 127 Å². The molecule has 20 heavy (non-hydrogen) atoms. The third-order valence-corrected chi connectivity index (χ3v) is 3.29. The smallest absolute Gasteiger partial charge is 0.307 e. The third kappa shape index (κ3) is 4.83. The molecular weight excluding hydrogens is 324 g/mol. The van der Waals surface area contributed by atoms with Crippen molar-refractivity contribution in [2.24, 2.45) is 0 Å². The highest BCUT2D eigenvalue weighted by molar-refractivity contribution is 9.10. The minimum Gasteiger partial charge on any atom is -0.469 e. The average molecular weight is 341 g/mol. The van der Waals surface area contributed by atoms with E-state index in [1.165, 1.54) is 7.11 Å². The zero-order valence-electron chi connectivity index (χ0n) is 11.6. The molecule has 1 aromatic rings. The summed E-state index contributed by atoms with van der Waals surface area (Å²) in [4.78, 5) is 13.2. The molecule has 0 aliphatic carbocycles. The van der Waals surface area contributed by atoms with Gasteiger partial charge in [0.05, 0.1) is 31.4 Å². The van der Waals surface area contributed by atoms with Crippen LogP contribution in [0.4, 0.5) is 5.69 Å². The molecule has 0 spiro atoms. The highest BCUT2D eigenvalue weighted by atomic mass is 79.9. The fourth-order valence-electron chi connectivity index (χ4n) is 1.76. The van der Waals surface area contributed by atoms with Crippen LogP contribution >= 0.6 is 15.9 Å². The summed E-state index contributed by atoms with van der Waals surface area (Å²) in [5, 5.41) is 9.22. The van der Waals surface area contributed by atoms with E-state index in [9.17, 15) is 10.1 Å². The SMILES string of the molecule is COCCN(CCC(=O)OC)c1ccc(Br)cc1C#N. The van der Waals surface area contributed by atoms with Crippen LogP contribution in [0.5, 0.6) is 0 Å². The zero-order valence-corrected chi connectivity index (χ0v) is 13.1. The molecule has 0 heterocycles. The van der Waals surface area contributed by atoms with Crippen LogP contribution in [0.3, 0.4) is 0 Å². The first kappa shape index (κ1) is 16.5. The molecule has 0 aliphatic rings. The Morgan fingerprint density at radius 2 is 2.15 bits per heavy atom. The van der Waals surface area contributed by atoms with Crippen LogP contribution in [0, 0.1) is 11.3 Å². The van der Waals surface area contributed by atoms with Gasteiger partial charge in [0.15, 0.2) is 0 Å². The number of rotatable bonds is 7. The normalized spacial score (nSPS) is 9.90. The number of carbonyl (C=O) groups is 1. The molecule has 0 amide bonds. The molecule has 0 radical (unpaired) electrons. The highest BCUT2D eigenvalue weighted by Gasteiger charge is 2.13. The van der Waals surface area contributed by atoms with Crippen molar-refractivity contribution in [2.45, 2.75) is 6.42 Å². The summed E-state index contributed by atoms with van der Waals surface area (Å²) in [5.41, 5.74) is 1.34. The van der Waals surface area contributed by atoms with Gasteiger partial charge in [0, 0.05) is 24.7 Å². The quantitative estimate of drug-likeness (QED) is 0.713. The summed E-state index contributed by atoms with van der Waals surface area (Å²) >= 11 is 3.34. The van der Waals surface area contributed by atoms with Crippen molar-refractivity contribution in [1.29, 1.82) is 5.26 Å². The Balaban J connectivity index is 2.92. The van der Waals surface area contributed by atoms with Crippen LogP contribution in [0.25, 0.3) is 0 Å². The van der Waals surface area contributed by atoms with Gasteiger partial charge in [0.25, 0.3) is 0 Å². The van der Waals surface area contributed by atoms with Gasteiger partial charge in [-0.25, -0.2) is 0 Å². The van der Waals surface area contributed by atoms with Crippen molar-refractivity contribution in [1.82, 2.24) is 0 Å². The maximum atomic E-state index is 11.3. The molecule has 5 nitrogen and oxygen atoms in total. The predicted octanol–water partition coefficient (Wildman–Crippen LogP) is 2.34. The molecule has 1 rings (SSSR count). The zero-order chi connectivity index (χ0) is 15.0. The van der Waals surface area contributed by atoms with E-state index in [2.05, 4.69) is 26.7 Å². The lowest BCUT2D eigenvalue weighted by molar-refractivity contribution is -0.140. The number of esters is 1. The molecule has 0 bridgehead atoms. The second kappa shape index (κ2) is 8.56. The molecule has 0 aromatic heterocycles. The third-order valence-electron chi connectivity index (χ3n) is 2.80. The van der Waals surface area contributed by atoms with Gasteiger partial charge in [0.1, 0.15) is 6.07 Å². The minimum atomic E-state index is -0.275. The molecule has 6 heteroatoms. The number of methoxy groups -OCH3 is 2. The Morgan fingerprint density at radius 3 is 2.75 bits per heavy atom. The second-order valence-corrected chi connectivity index (χ2v) is 4.99. The van der Waals surface area contributed by atoms with Gasteiger partial charge < -0.3 is 14.4 Å². The molecule has 0 aliphatic heterocycles. The first-order valence-electron chi connectivity index (χ1n) is 6.12. The summed E-state index contributed by atoms with van der Waals surface area (Å²) in [6, 6.07) is 7.65. The monoisotopic (exact) mass is 340 g/mol. The van der Waals surface area contributed by atoms with Gasteiger partial charge in [-0.15, -0.1) is 0 Å². The number of anilines is 1. The van der Waals surface area contributed by atoms with E-state index >= 15 is 0 Å². The first-order valence-corrected chi connectivity index (χ1v) is 6.92. The van der Waals surface area contributed by atoms with E-state index in [0.717, 1.165) is 10.2 Å². The number of benzene rings is 1. The molecule has 0 saturated carbocycles. The topological polar surface area (TPSA) is 62.6 Å². The van der Waals surface area contributed by atoms with Crippen molar-refractivity contribution in [3.05, 3.63) is 28.2 Å². The second-order valence-electron chi connectivity index (χ2n) is 4.08. The van der Waals surface area contributed by atoms with Crippen molar-refractivity contribution in [3.8, 4) is 6.07 Å². The van der Waals surface area contributed by atoms with Gasteiger partial charge in [-0.2, -0.15) is 5.26 Å². The van der Waals surface area contributed by atoms with Crippen molar-refractivity contribution < 1.29 is 14.3 Å². The molecule has 1 aromatic carbocycles. The lowest BCUT2D eigenvalue weighted by Crippen LogP contribution is -2.30.